The van der Waals surface area contributed by atoms with Crippen molar-refractivity contribution in [2.75, 3.05) is 13.7 Å². The Balaban J connectivity index is 1.66. The molecule has 0 saturated carbocycles. The first kappa shape index (κ1) is 13.3. The molecular weight excluding hydrogens is 228 g/mol. The van der Waals surface area contributed by atoms with Crippen LogP contribution >= 0.6 is 0 Å². The number of benzene rings is 1. The largest absolute Gasteiger partial charge is 0.379 e. The minimum atomic E-state index is 0.0867. The second-order valence-corrected chi connectivity index (χ2v) is 4.47. The lowest BCUT2D eigenvalue weighted by Crippen LogP contribution is -2.20. The predicted molar refractivity (Wildman–Crippen MR) is 70.4 cm³/mol. The summed E-state index contributed by atoms with van der Waals surface area (Å²) in [5.74, 6) is 0. The second-order valence-electron chi connectivity index (χ2n) is 4.47. The van der Waals surface area contributed by atoms with Gasteiger partial charge in [-0.1, -0.05) is 36.4 Å². The van der Waals surface area contributed by atoms with Crippen molar-refractivity contribution >= 4 is 0 Å². The highest BCUT2D eigenvalue weighted by molar-refractivity contribution is 5.13. The molecule has 1 aliphatic rings. The van der Waals surface area contributed by atoms with Crippen molar-refractivity contribution in [3.8, 4) is 0 Å². The van der Waals surface area contributed by atoms with Gasteiger partial charge in [0.2, 0.25) is 0 Å². The van der Waals surface area contributed by atoms with E-state index < -0.39 is 0 Å². The zero-order chi connectivity index (χ0) is 12.8. The van der Waals surface area contributed by atoms with Crippen LogP contribution in [0.2, 0.25) is 0 Å². The summed E-state index contributed by atoms with van der Waals surface area (Å²) >= 11 is 0. The molecule has 18 heavy (non-hydrogen) atoms. The van der Waals surface area contributed by atoms with Crippen molar-refractivity contribution in [2.24, 2.45) is 0 Å². The van der Waals surface area contributed by atoms with E-state index in [1.807, 2.05) is 24.3 Å². The lowest BCUT2D eigenvalue weighted by molar-refractivity contribution is -0.00510. The second kappa shape index (κ2) is 6.69. The van der Waals surface area contributed by atoms with Gasteiger partial charge >= 0.3 is 0 Å². The molecule has 3 atom stereocenters. The van der Waals surface area contributed by atoms with Crippen LogP contribution in [0.1, 0.15) is 12.0 Å². The summed E-state index contributed by atoms with van der Waals surface area (Å²) in [5, 5.41) is 0. The van der Waals surface area contributed by atoms with Crippen LogP contribution in [0.4, 0.5) is 0 Å². The third-order valence-corrected chi connectivity index (χ3v) is 3.10. The van der Waals surface area contributed by atoms with E-state index in [-0.39, 0.29) is 18.3 Å². The Bertz CT molecular complexity index is 363. The van der Waals surface area contributed by atoms with E-state index in [0.29, 0.717) is 13.2 Å². The van der Waals surface area contributed by atoms with Gasteiger partial charge in [0.15, 0.2) is 0 Å². The van der Waals surface area contributed by atoms with Gasteiger partial charge in [-0.25, -0.2) is 0 Å². The van der Waals surface area contributed by atoms with Crippen molar-refractivity contribution in [3.63, 3.8) is 0 Å². The Morgan fingerprint density at radius 1 is 1.39 bits per heavy atom. The molecule has 2 rings (SSSR count). The van der Waals surface area contributed by atoms with Gasteiger partial charge in [-0.2, -0.15) is 0 Å². The number of epoxide rings is 1. The molecule has 0 N–H and O–H groups in total. The van der Waals surface area contributed by atoms with Gasteiger partial charge in [0.25, 0.3) is 0 Å². The van der Waals surface area contributed by atoms with E-state index in [9.17, 15) is 0 Å². The van der Waals surface area contributed by atoms with E-state index in [4.69, 9.17) is 14.2 Å². The minimum absolute atomic E-state index is 0.0867. The van der Waals surface area contributed by atoms with Gasteiger partial charge in [0, 0.05) is 13.5 Å². The first-order valence-electron chi connectivity index (χ1n) is 6.26. The Morgan fingerprint density at radius 2 is 2.17 bits per heavy atom. The molecule has 1 fully saturated rings. The summed E-state index contributed by atoms with van der Waals surface area (Å²) in [6.07, 6.45) is 3.25. The van der Waals surface area contributed by atoms with Crippen LogP contribution in [0, 0.1) is 0 Å². The van der Waals surface area contributed by atoms with Crippen LogP contribution in [0.3, 0.4) is 0 Å². The molecule has 0 bridgehead atoms. The maximum atomic E-state index is 5.66. The number of methoxy groups -OCH3 is 1. The smallest absolute Gasteiger partial charge is 0.102 e. The summed E-state index contributed by atoms with van der Waals surface area (Å²) in [6, 6.07) is 10.1. The number of hydrogen-bond acceptors (Lipinski definition) is 3. The third-order valence-electron chi connectivity index (χ3n) is 3.10. The van der Waals surface area contributed by atoms with E-state index in [1.54, 1.807) is 7.11 Å². The van der Waals surface area contributed by atoms with Crippen LogP contribution in [-0.4, -0.2) is 32.0 Å². The topological polar surface area (TPSA) is 31.0 Å². The lowest BCUT2D eigenvalue weighted by atomic mass is 10.1. The zero-order valence-corrected chi connectivity index (χ0v) is 10.7. The summed E-state index contributed by atoms with van der Waals surface area (Å²) in [5.41, 5.74) is 1.18. The van der Waals surface area contributed by atoms with Crippen LogP contribution < -0.4 is 0 Å². The van der Waals surface area contributed by atoms with Crippen molar-refractivity contribution in [2.45, 2.75) is 31.3 Å². The molecule has 0 amide bonds. The van der Waals surface area contributed by atoms with E-state index in [0.717, 1.165) is 6.42 Å². The van der Waals surface area contributed by atoms with Crippen LogP contribution in [0.15, 0.2) is 43.0 Å². The highest BCUT2D eigenvalue weighted by Crippen LogP contribution is 2.28. The molecule has 98 valence electrons. The van der Waals surface area contributed by atoms with E-state index in [1.165, 1.54) is 5.56 Å². The highest BCUT2D eigenvalue weighted by Gasteiger charge is 2.37. The Hall–Kier alpha value is -1.16. The Labute approximate surface area is 108 Å². The average molecular weight is 248 g/mol. The average Bonchev–Trinajstić information content (AvgIpc) is 3.17. The molecule has 1 aromatic rings. The maximum Gasteiger partial charge on any atom is 0.102 e. The van der Waals surface area contributed by atoms with Gasteiger partial charge in [0.05, 0.1) is 25.4 Å². The molecule has 0 radical (unpaired) electrons. The SMILES string of the molecule is C=C[C@H]1O[C@@H]1C[C@@H](COCc1ccccc1)OC. The first-order chi connectivity index (χ1) is 8.83. The Morgan fingerprint density at radius 3 is 2.78 bits per heavy atom. The van der Waals surface area contributed by atoms with Crippen molar-refractivity contribution < 1.29 is 14.2 Å². The molecule has 0 spiro atoms. The molecule has 1 aliphatic heterocycles. The molecule has 1 aromatic carbocycles. The molecule has 1 heterocycles. The fourth-order valence-corrected chi connectivity index (χ4v) is 1.93. The van der Waals surface area contributed by atoms with Crippen molar-refractivity contribution in [1.29, 1.82) is 0 Å². The first-order valence-corrected chi connectivity index (χ1v) is 6.26. The zero-order valence-electron chi connectivity index (χ0n) is 10.7. The fourth-order valence-electron chi connectivity index (χ4n) is 1.93. The van der Waals surface area contributed by atoms with Crippen LogP contribution in [-0.2, 0) is 20.8 Å². The third kappa shape index (κ3) is 3.95. The monoisotopic (exact) mass is 248 g/mol. The molecule has 0 unspecified atom stereocenters. The van der Waals surface area contributed by atoms with Crippen LogP contribution in [0.5, 0.6) is 0 Å². The number of hydrogen-bond donors (Lipinski definition) is 0. The minimum Gasteiger partial charge on any atom is -0.379 e. The van der Waals surface area contributed by atoms with Gasteiger partial charge in [-0.15, -0.1) is 6.58 Å². The fraction of sp³-hybridized carbons (Fsp3) is 0.467. The van der Waals surface area contributed by atoms with Gasteiger partial charge in [-0.05, 0) is 5.56 Å². The normalized spacial score (nSPS) is 23.6. The maximum absolute atomic E-state index is 5.66. The summed E-state index contributed by atoms with van der Waals surface area (Å²) in [6.45, 7) is 4.93. The lowest BCUT2D eigenvalue weighted by Gasteiger charge is -2.14. The summed E-state index contributed by atoms with van der Waals surface area (Å²) in [7, 11) is 1.71. The Kier molecular flexibility index (Phi) is 4.93. The summed E-state index contributed by atoms with van der Waals surface area (Å²) in [4.78, 5) is 0. The molecule has 1 saturated heterocycles. The summed E-state index contributed by atoms with van der Waals surface area (Å²) < 4.78 is 16.5. The predicted octanol–water partition coefficient (Wildman–Crippen LogP) is 2.56. The molecule has 3 heteroatoms. The number of rotatable bonds is 8. The molecular formula is C15H20O3. The van der Waals surface area contributed by atoms with E-state index in [2.05, 4.69) is 18.7 Å². The number of ether oxygens (including phenoxy) is 3. The van der Waals surface area contributed by atoms with Gasteiger partial charge in [0.1, 0.15) is 6.10 Å². The molecule has 0 aromatic heterocycles. The van der Waals surface area contributed by atoms with Crippen LogP contribution in [0.25, 0.3) is 0 Å². The van der Waals surface area contributed by atoms with E-state index >= 15 is 0 Å². The highest BCUT2D eigenvalue weighted by atomic mass is 16.6. The van der Waals surface area contributed by atoms with Gasteiger partial charge < -0.3 is 14.2 Å². The molecule has 3 nitrogen and oxygen atoms in total. The van der Waals surface area contributed by atoms with Crippen molar-refractivity contribution in [1.82, 2.24) is 0 Å². The quantitative estimate of drug-likeness (QED) is 0.523. The molecule has 0 aliphatic carbocycles. The standard InChI is InChI=1S/C15H20O3/c1-3-14-15(18-14)9-13(16-2)11-17-10-12-7-5-4-6-8-12/h3-8,13-15H,1,9-11H2,2H3/t13-,14+,15+/m0/s1. The van der Waals surface area contributed by atoms with Crippen molar-refractivity contribution in [3.05, 3.63) is 48.6 Å². The van der Waals surface area contributed by atoms with Gasteiger partial charge in [-0.3, -0.25) is 0 Å².